The predicted molar refractivity (Wildman–Crippen MR) is 79.6 cm³/mol. The van der Waals surface area contributed by atoms with Crippen LogP contribution in [0.3, 0.4) is 0 Å². The third kappa shape index (κ3) is 2.38. The molecule has 3 heterocycles. The first-order valence-corrected chi connectivity index (χ1v) is 7.57. The molecule has 0 N–H and O–H groups in total. The van der Waals surface area contributed by atoms with E-state index >= 15 is 0 Å². The number of aromatic nitrogens is 1. The largest absolute Gasteiger partial charge is 0.369 e. The zero-order valence-corrected chi connectivity index (χ0v) is 12.3. The second kappa shape index (κ2) is 5.41. The Kier molecular flexibility index (Phi) is 3.62. The predicted octanol–water partition coefficient (Wildman–Crippen LogP) is 2.40. The van der Waals surface area contributed by atoms with Crippen LogP contribution in [-0.4, -0.2) is 41.1 Å². The summed E-state index contributed by atoms with van der Waals surface area (Å²) in [6.07, 6.45) is 5.73. The van der Waals surface area contributed by atoms with E-state index in [0.717, 1.165) is 24.8 Å². The Bertz CT molecular complexity index is 502. The summed E-state index contributed by atoms with van der Waals surface area (Å²) in [4.78, 5) is 9.35. The van der Waals surface area contributed by atoms with E-state index in [1.165, 1.54) is 19.3 Å². The number of nitriles is 1. The van der Waals surface area contributed by atoms with E-state index in [1.54, 1.807) is 0 Å². The first-order valence-electron chi connectivity index (χ1n) is 7.57. The Hall–Kier alpha value is -1.60. The van der Waals surface area contributed by atoms with E-state index in [0.29, 0.717) is 17.8 Å². The molecule has 0 radical (unpaired) electrons. The van der Waals surface area contributed by atoms with Gasteiger partial charge in [-0.1, -0.05) is 0 Å². The van der Waals surface area contributed by atoms with Crippen LogP contribution >= 0.6 is 0 Å². The molecule has 2 aliphatic heterocycles. The molecule has 0 saturated carbocycles. The van der Waals surface area contributed by atoms with Crippen molar-refractivity contribution in [2.24, 2.45) is 0 Å². The zero-order chi connectivity index (χ0) is 14.1. The number of hydrogen-bond donors (Lipinski definition) is 0. The van der Waals surface area contributed by atoms with Crippen molar-refractivity contribution in [3.63, 3.8) is 0 Å². The zero-order valence-electron chi connectivity index (χ0n) is 12.3. The van der Waals surface area contributed by atoms with Crippen LogP contribution in [0.5, 0.6) is 0 Å². The van der Waals surface area contributed by atoms with Crippen molar-refractivity contribution >= 4 is 5.69 Å². The number of pyridine rings is 1. The number of nitrogens with zero attached hydrogens (tertiary/aromatic N) is 4. The maximum absolute atomic E-state index is 8.83. The lowest BCUT2D eigenvalue weighted by Gasteiger charge is -2.32. The molecule has 2 unspecified atom stereocenters. The van der Waals surface area contributed by atoms with Gasteiger partial charge in [0.05, 0.1) is 11.9 Å². The minimum atomic E-state index is 0.494. The van der Waals surface area contributed by atoms with Gasteiger partial charge < -0.3 is 4.90 Å². The van der Waals surface area contributed by atoms with Crippen LogP contribution in [0.25, 0.3) is 0 Å². The summed E-state index contributed by atoms with van der Waals surface area (Å²) in [5, 5.41) is 8.83. The molecule has 0 amide bonds. The van der Waals surface area contributed by atoms with Gasteiger partial charge in [-0.2, -0.15) is 5.26 Å². The molecular formula is C16H22N4. The first kappa shape index (κ1) is 13.4. The Morgan fingerprint density at radius 2 is 2.05 bits per heavy atom. The van der Waals surface area contributed by atoms with Crippen LogP contribution in [0.15, 0.2) is 18.3 Å². The van der Waals surface area contributed by atoms with Crippen molar-refractivity contribution in [1.82, 2.24) is 9.88 Å². The van der Waals surface area contributed by atoms with E-state index in [2.05, 4.69) is 34.7 Å². The third-order valence-corrected chi connectivity index (χ3v) is 4.66. The van der Waals surface area contributed by atoms with Gasteiger partial charge in [-0.3, -0.25) is 4.90 Å². The fourth-order valence-electron chi connectivity index (χ4n) is 3.83. The summed E-state index contributed by atoms with van der Waals surface area (Å²) in [6, 6.07) is 7.97. The summed E-state index contributed by atoms with van der Waals surface area (Å²) in [5.41, 5.74) is 1.65. The number of rotatable bonds is 2. The molecule has 106 valence electrons. The lowest BCUT2D eigenvalue weighted by Crippen LogP contribution is -2.43. The van der Waals surface area contributed by atoms with Crippen molar-refractivity contribution in [3.8, 4) is 6.07 Å². The van der Waals surface area contributed by atoms with Crippen molar-refractivity contribution in [3.05, 3.63) is 24.0 Å². The summed E-state index contributed by atoms with van der Waals surface area (Å²) < 4.78 is 0. The van der Waals surface area contributed by atoms with E-state index in [1.807, 2.05) is 18.3 Å². The Morgan fingerprint density at radius 3 is 2.70 bits per heavy atom. The highest BCUT2D eigenvalue weighted by Gasteiger charge is 2.38. The van der Waals surface area contributed by atoms with Crippen LogP contribution in [0.2, 0.25) is 0 Å². The van der Waals surface area contributed by atoms with E-state index in [-0.39, 0.29) is 0 Å². The quantitative estimate of drug-likeness (QED) is 0.827. The van der Waals surface area contributed by atoms with Gasteiger partial charge in [0.1, 0.15) is 11.8 Å². The Balaban J connectivity index is 1.78. The lowest BCUT2D eigenvalue weighted by atomic mass is 10.1. The van der Waals surface area contributed by atoms with Gasteiger partial charge in [0.15, 0.2) is 0 Å². The molecule has 20 heavy (non-hydrogen) atoms. The fourth-order valence-corrected chi connectivity index (χ4v) is 3.83. The van der Waals surface area contributed by atoms with Crippen molar-refractivity contribution in [2.75, 3.05) is 18.0 Å². The van der Waals surface area contributed by atoms with Gasteiger partial charge in [-0.25, -0.2) is 4.98 Å². The highest BCUT2D eigenvalue weighted by Crippen LogP contribution is 2.33. The molecule has 3 rings (SSSR count). The Labute approximate surface area is 121 Å². The first-order chi connectivity index (χ1) is 9.69. The molecule has 2 saturated heterocycles. The molecular weight excluding hydrogens is 248 g/mol. The minimum absolute atomic E-state index is 0.494. The van der Waals surface area contributed by atoms with Gasteiger partial charge in [0.2, 0.25) is 0 Å². The van der Waals surface area contributed by atoms with Crippen LogP contribution < -0.4 is 4.90 Å². The van der Waals surface area contributed by atoms with Crippen LogP contribution in [-0.2, 0) is 0 Å². The monoisotopic (exact) mass is 270 g/mol. The molecule has 4 heteroatoms. The molecule has 2 bridgehead atoms. The molecule has 0 aliphatic carbocycles. The average molecular weight is 270 g/mol. The van der Waals surface area contributed by atoms with Crippen LogP contribution in [0.1, 0.15) is 38.8 Å². The maximum Gasteiger partial charge on any atom is 0.140 e. The van der Waals surface area contributed by atoms with Crippen LogP contribution in [0.4, 0.5) is 5.69 Å². The van der Waals surface area contributed by atoms with E-state index in [4.69, 9.17) is 5.26 Å². The van der Waals surface area contributed by atoms with Gasteiger partial charge in [0, 0.05) is 31.2 Å². The number of anilines is 1. The van der Waals surface area contributed by atoms with Crippen molar-refractivity contribution < 1.29 is 0 Å². The smallest absolute Gasteiger partial charge is 0.140 e. The van der Waals surface area contributed by atoms with Crippen LogP contribution in [0, 0.1) is 11.3 Å². The fraction of sp³-hybridized carbons (Fsp3) is 0.625. The molecule has 2 fully saturated rings. The highest BCUT2D eigenvalue weighted by molar-refractivity contribution is 5.46. The van der Waals surface area contributed by atoms with Crippen molar-refractivity contribution in [2.45, 2.75) is 51.2 Å². The number of hydrogen-bond acceptors (Lipinski definition) is 4. The average Bonchev–Trinajstić information content (AvgIpc) is 2.74. The van der Waals surface area contributed by atoms with E-state index in [9.17, 15) is 0 Å². The molecule has 1 aromatic rings. The maximum atomic E-state index is 8.83. The molecule has 0 aromatic carbocycles. The number of fused-ring (bicyclic) bond motifs is 2. The van der Waals surface area contributed by atoms with Gasteiger partial charge in [0.25, 0.3) is 0 Å². The summed E-state index contributed by atoms with van der Waals surface area (Å²) in [6.45, 7) is 6.80. The molecule has 1 aromatic heterocycles. The minimum Gasteiger partial charge on any atom is -0.369 e. The normalized spacial score (nSPS) is 26.6. The highest BCUT2D eigenvalue weighted by atomic mass is 15.3. The van der Waals surface area contributed by atoms with Crippen molar-refractivity contribution in [1.29, 1.82) is 5.26 Å². The SMILES string of the molecule is CC(C)N1C2CCC1CN(c1ccc(C#N)nc1)CC2. The van der Waals surface area contributed by atoms with Gasteiger partial charge in [-0.05, 0) is 45.2 Å². The second-order valence-electron chi connectivity index (χ2n) is 6.17. The Morgan fingerprint density at radius 1 is 1.25 bits per heavy atom. The summed E-state index contributed by atoms with van der Waals surface area (Å²) >= 11 is 0. The standard InChI is InChI=1S/C16H22N4/c1-12(2)20-14-5-6-16(20)11-19(8-7-14)15-4-3-13(9-17)18-10-15/h3-4,10,12,14,16H,5-8,11H2,1-2H3. The molecule has 0 spiro atoms. The molecule has 2 atom stereocenters. The molecule has 2 aliphatic rings. The summed E-state index contributed by atoms with van der Waals surface area (Å²) in [5.74, 6) is 0. The van der Waals surface area contributed by atoms with E-state index < -0.39 is 0 Å². The lowest BCUT2D eigenvalue weighted by molar-refractivity contribution is 0.158. The second-order valence-corrected chi connectivity index (χ2v) is 6.17. The van der Waals surface area contributed by atoms with Gasteiger partial charge in [-0.15, -0.1) is 0 Å². The topological polar surface area (TPSA) is 43.2 Å². The third-order valence-electron chi connectivity index (χ3n) is 4.66. The summed E-state index contributed by atoms with van der Waals surface area (Å²) in [7, 11) is 0. The van der Waals surface area contributed by atoms with Gasteiger partial charge >= 0.3 is 0 Å². The molecule has 4 nitrogen and oxygen atoms in total.